The number of hydrogen-bond acceptors (Lipinski definition) is 5. The minimum atomic E-state index is -0.304. The van der Waals surface area contributed by atoms with Crippen LogP contribution in [-0.4, -0.2) is 40.4 Å². The molecule has 0 bridgehead atoms. The molecule has 124 valence electrons. The average molecular weight is 326 g/mol. The highest BCUT2D eigenvalue weighted by atomic mass is 16.3. The standard InChI is InChI=1S/C17H18N4O3/c1-21(9-14(22)18-10-6-7-10)8-13-19-15-11-4-2-3-5-12(11)24-16(15)17(23)20-13/h2-5,10H,6-9H2,1H3,(H,18,22)(H,19,20,23). The Balaban J connectivity index is 1.58. The van der Waals surface area contributed by atoms with Gasteiger partial charge in [-0.1, -0.05) is 12.1 Å². The number of amides is 1. The molecule has 7 nitrogen and oxygen atoms in total. The number of carbonyl (C=O) groups is 1. The molecule has 0 unspecified atom stereocenters. The molecular weight excluding hydrogens is 308 g/mol. The van der Waals surface area contributed by atoms with Gasteiger partial charge in [-0.15, -0.1) is 0 Å². The summed E-state index contributed by atoms with van der Waals surface area (Å²) >= 11 is 0. The molecule has 2 N–H and O–H groups in total. The van der Waals surface area contributed by atoms with Gasteiger partial charge in [0.25, 0.3) is 5.56 Å². The molecule has 4 rings (SSSR count). The number of aromatic nitrogens is 2. The average Bonchev–Trinajstić information content (AvgIpc) is 3.25. The quantitative estimate of drug-likeness (QED) is 0.739. The van der Waals surface area contributed by atoms with Gasteiger partial charge in [0.05, 0.1) is 13.1 Å². The monoisotopic (exact) mass is 326 g/mol. The summed E-state index contributed by atoms with van der Waals surface area (Å²) < 4.78 is 5.57. The van der Waals surface area contributed by atoms with Crippen molar-refractivity contribution >= 4 is 28.0 Å². The zero-order valence-electron chi connectivity index (χ0n) is 13.3. The molecule has 1 fully saturated rings. The van der Waals surface area contributed by atoms with Gasteiger partial charge in [-0.25, -0.2) is 4.98 Å². The number of hydrogen-bond donors (Lipinski definition) is 2. The van der Waals surface area contributed by atoms with E-state index in [9.17, 15) is 9.59 Å². The summed E-state index contributed by atoms with van der Waals surface area (Å²) in [5, 5.41) is 3.76. The van der Waals surface area contributed by atoms with Crippen molar-refractivity contribution in [3.05, 3.63) is 40.4 Å². The van der Waals surface area contributed by atoms with Crippen LogP contribution in [0.4, 0.5) is 0 Å². The first-order chi connectivity index (χ1) is 11.6. The fourth-order valence-corrected chi connectivity index (χ4v) is 2.78. The Kier molecular flexibility index (Phi) is 3.57. The van der Waals surface area contributed by atoms with Gasteiger partial charge < -0.3 is 14.7 Å². The minimum absolute atomic E-state index is 0.00261. The van der Waals surface area contributed by atoms with E-state index in [-0.39, 0.29) is 23.6 Å². The lowest BCUT2D eigenvalue weighted by Crippen LogP contribution is -2.36. The highest BCUT2D eigenvalue weighted by Gasteiger charge is 2.23. The third-order valence-corrected chi connectivity index (χ3v) is 4.06. The summed E-state index contributed by atoms with van der Waals surface area (Å²) in [4.78, 5) is 33.2. The van der Waals surface area contributed by atoms with E-state index < -0.39 is 0 Å². The van der Waals surface area contributed by atoms with E-state index in [1.54, 1.807) is 0 Å². The van der Waals surface area contributed by atoms with Crippen molar-refractivity contribution in [3.63, 3.8) is 0 Å². The number of fused-ring (bicyclic) bond motifs is 3. The predicted molar refractivity (Wildman–Crippen MR) is 89.6 cm³/mol. The lowest BCUT2D eigenvalue weighted by atomic mass is 10.2. The Morgan fingerprint density at radius 3 is 3.00 bits per heavy atom. The van der Waals surface area contributed by atoms with Crippen LogP contribution in [0, 0.1) is 0 Å². The fourth-order valence-electron chi connectivity index (χ4n) is 2.78. The summed E-state index contributed by atoms with van der Waals surface area (Å²) in [7, 11) is 1.82. The van der Waals surface area contributed by atoms with E-state index in [4.69, 9.17) is 4.42 Å². The highest BCUT2D eigenvalue weighted by Crippen LogP contribution is 2.24. The highest BCUT2D eigenvalue weighted by molar-refractivity contribution is 6.01. The summed E-state index contributed by atoms with van der Waals surface area (Å²) in [5.41, 5.74) is 1.12. The third kappa shape index (κ3) is 2.90. The smallest absolute Gasteiger partial charge is 0.294 e. The number of nitrogens with one attached hydrogen (secondary N) is 2. The van der Waals surface area contributed by atoms with Crippen LogP contribution in [0.15, 0.2) is 33.5 Å². The molecule has 1 amide bonds. The van der Waals surface area contributed by atoms with Crippen LogP contribution in [0.1, 0.15) is 18.7 Å². The second-order valence-electron chi connectivity index (χ2n) is 6.30. The topological polar surface area (TPSA) is 91.2 Å². The van der Waals surface area contributed by atoms with Crippen LogP contribution in [0.25, 0.3) is 22.1 Å². The van der Waals surface area contributed by atoms with Crippen molar-refractivity contribution in [3.8, 4) is 0 Å². The molecular formula is C17H18N4O3. The van der Waals surface area contributed by atoms with Gasteiger partial charge in [0.15, 0.2) is 0 Å². The zero-order valence-corrected chi connectivity index (χ0v) is 13.3. The van der Waals surface area contributed by atoms with Crippen LogP contribution in [-0.2, 0) is 11.3 Å². The molecule has 0 aliphatic heterocycles. The molecule has 0 atom stereocenters. The number of furan rings is 1. The van der Waals surface area contributed by atoms with E-state index in [1.165, 1.54) is 0 Å². The van der Waals surface area contributed by atoms with Crippen LogP contribution >= 0.6 is 0 Å². The largest absolute Gasteiger partial charge is 0.449 e. The molecule has 7 heteroatoms. The van der Waals surface area contributed by atoms with Crippen LogP contribution in [0.2, 0.25) is 0 Å². The number of para-hydroxylation sites is 1. The van der Waals surface area contributed by atoms with Gasteiger partial charge in [-0.2, -0.15) is 0 Å². The van der Waals surface area contributed by atoms with Crippen LogP contribution in [0.5, 0.6) is 0 Å². The van der Waals surface area contributed by atoms with Crippen molar-refractivity contribution in [1.29, 1.82) is 0 Å². The third-order valence-electron chi connectivity index (χ3n) is 4.06. The second kappa shape index (κ2) is 5.76. The Morgan fingerprint density at radius 1 is 1.42 bits per heavy atom. The predicted octanol–water partition coefficient (Wildman–Crippen LogP) is 1.38. The lowest BCUT2D eigenvalue weighted by molar-refractivity contribution is -0.122. The SMILES string of the molecule is CN(CC(=O)NC1CC1)Cc1nc2c(oc3ccccc32)c(=O)[nH]1. The normalized spacial score (nSPS) is 14.6. The van der Waals surface area contributed by atoms with Gasteiger partial charge in [-0.3, -0.25) is 14.5 Å². The molecule has 0 spiro atoms. The molecule has 0 saturated heterocycles. The van der Waals surface area contributed by atoms with Crippen LogP contribution in [0.3, 0.4) is 0 Å². The Hall–Kier alpha value is -2.67. The van der Waals surface area contributed by atoms with E-state index in [1.807, 2.05) is 36.2 Å². The Labute approximate surface area is 137 Å². The summed E-state index contributed by atoms with van der Waals surface area (Å²) in [6.07, 6.45) is 2.13. The van der Waals surface area contributed by atoms with E-state index in [0.717, 1.165) is 18.2 Å². The summed E-state index contributed by atoms with van der Waals surface area (Å²) in [6, 6.07) is 7.77. The van der Waals surface area contributed by atoms with Gasteiger partial charge >= 0.3 is 0 Å². The first-order valence-electron chi connectivity index (χ1n) is 7.98. The van der Waals surface area contributed by atoms with Crippen LogP contribution < -0.4 is 10.9 Å². The molecule has 0 radical (unpaired) electrons. The van der Waals surface area contributed by atoms with E-state index in [0.29, 0.717) is 29.5 Å². The number of likely N-dealkylation sites (N-methyl/N-ethyl adjacent to an activating group) is 1. The summed E-state index contributed by atoms with van der Waals surface area (Å²) in [5.74, 6) is 0.512. The van der Waals surface area contributed by atoms with Crippen molar-refractivity contribution in [1.82, 2.24) is 20.2 Å². The molecule has 2 heterocycles. The van der Waals surface area contributed by atoms with Gasteiger partial charge in [-0.05, 0) is 32.0 Å². The zero-order chi connectivity index (χ0) is 16.7. The number of carbonyl (C=O) groups excluding carboxylic acids is 1. The molecule has 1 aliphatic carbocycles. The van der Waals surface area contributed by atoms with E-state index in [2.05, 4.69) is 15.3 Å². The number of nitrogens with zero attached hydrogens (tertiary/aromatic N) is 2. The molecule has 3 aromatic rings. The summed E-state index contributed by atoms with van der Waals surface area (Å²) in [6.45, 7) is 0.646. The van der Waals surface area contributed by atoms with Gasteiger partial charge in [0.2, 0.25) is 11.5 Å². The van der Waals surface area contributed by atoms with Crippen molar-refractivity contribution < 1.29 is 9.21 Å². The van der Waals surface area contributed by atoms with Crippen molar-refractivity contribution in [2.75, 3.05) is 13.6 Å². The maximum Gasteiger partial charge on any atom is 0.294 e. The molecule has 2 aromatic heterocycles. The van der Waals surface area contributed by atoms with Crippen molar-refractivity contribution in [2.45, 2.75) is 25.4 Å². The molecule has 24 heavy (non-hydrogen) atoms. The Bertz CT molecular complexity index is 971. The molecule has 1 aliphatic rings. The lowest BCUT2D eigenvalue weighted by Gasteiger charge is -2.15. The van der Waals surface area contributed by atoms with Crippen molar-refractivity contribution in [2.24, 2.45) is 0 Å². The fraction of sp³-hybridized carbons (Fsp3) is 0.353. The Morgan fingerprint density at radius 2 is 2.21 bits per heavy atom. The second-order valence-corrected chi connectivity index (χ2v) is 6.30. The first kappa shape index (κ1) is 14.9. The first-order valence-corrected chi connectivity index (χ1v) is 7.98. The molecule has 1 saturated carbocycles. The van der Waals surface area contributed by atoms with E-state index >= 15 is 0 Å². The minimum Gasteiger partial charge on any atom is -0.449 e. The maximum absolute atomic E-state index is 12.2. The number of aromatic amines is 1. The number of rotatable bonds is 5. The molecule has 1 aromatic carbocycles. The van der Waals surface area contributed by atoms with Gasteiger partial charge in [0.1, 0.15) is 16.9 Å². The van der Waals surface area contributed by atoms with Gasteiger partial charge in [0, 0.05) is 11.4 Å². The number of H-pyrrole nitrogens is 1. The number of benzene rings is 1. The maximum atomic E-state index is 12.2.